The highest BCUT2D eigenvalue weighted by Gasteiger charge is 2.82. The predicted molar refractivity (Wildman–Crippen MR) is 108 cm³/mol. The van der Waals surface area contributed by atoms with Gasteiger partial charge in [0.15, 0.2) is 5.60 Å². The molecule has 1 heterocycles. The molecule has 7 nitrogen and oxygen atoms in total. The Morgan fingerprint density at radius 3 is 2.41 bits per heavy atom. The number of tetrazole rings is 1. The van der Waals surface area contributed by atoms with Gasteiger partial charge >= 0.3 is 0 Å². The Morgan fingerprint density at radius 1 is 1.12 bits per heavy atom. The van der Waals surface area contributed by atoms with Crippen molar-refractivity contribution in [2.75, 3.05) is 6.61 Å². The fourth-order valence-electron chi connectivity index (χ4n) is 5.45. The van der Waals surface area contributed by atoms with Crippen LogP contribution >= 0.6 is 0 Å². The summed E-state index contributed by atoms with van der Waals surface area (Å²) < 4.78 is 66.8. The van der Waals surface area contributed by atoms with Gasteiger partial charge < -0.3 is 9.84 Å². The van der Waals surface area contributed by atoms with Crippen LogP contribution in [0, 0.1) is 33.8 Å². The summed E-state index contributed by atoms with van der Waals surface area (Å²) in [5.74, 6) is -5.48. The SMILES string of the molecule is N#Cc1ccc(OCC23CC(C(F)(F)[C@@](O)(Cn4cnnn4)c4ccc(F)cc4F)(C2)C3)cc1. The molecule has 0 unspecified atom stereocenters. The lowest BCUT2D eigenvalue weighted by Crippen LogP contribution is -2.75. The van der Waals surface area contributed by atoms with Crippen LogP contribution in [0.1, 0.15) is 30.4 Å². The van der Waals surface area contributed by atoms with E-state index in [2.05, 4.69) is 15.5 Å². The number of halogens is 4. The third-order valence-electron chi connectivity index (χ3n) is 7.01. The molecule has 3 aromatic rings. The number of benzene rings is 2. The zero-order valence-electron chi connectivity index (χ0n) is 17.8. The van der Waals surface area contributed by atoms with Crippen molar-refractivity contribution < 1.29 is 27.4 Å². The van der Waals surface area contributed by atoms with Crippen molar-refractivity contribution in [2.24, 2.45) is 10.8 Å². The van der Waals surface area contributed by atoms with Crippen LogP contribution < -0.4 is 4.74 Å². The molecule has 0 radical (unpaired) electrons. The number of nitriles is 1. The minimum Gasteiger partial charge on any atom is -0.493 e. The van der Waals surface area contributed by atoms with Crippen LogP contribution in [-0.2, 0) is 12.1 Å². The van der Waals surface area contributed by atoms with Crippen molar-refractivity contribution >= 4 is 0 Å². The summed E-state index contributed by atoms with van der Waals surface area (Å²) in [5, 5.41) is 30.5. The standard InChI is InChI=1S/C23H19F4N5O2/c24-16-3-6-18(19(25)7-16)22(33,12-32-14-29-30-31-32)23(26,27)21-9-20(10-21,11-21)13-34-17-4-1-15(8-28)2-5-17/h1-7,14,33H,9-13H2/t20?,21?,22-/m1/s1. The number of aliphatic hydroxyl groups is 1. The van der Waals surface area contributed by atoms with Gasteiger partial charge in [-0.25, -0.2) is 22.2 Å². The lowest BCUT2D eigenvalue weighted by molar-refractivity contribution is -0.373. The van der Waals surface area contributed by atoms with E-state index < -0.39 is 46.1 Å². The number of rotatable bonds is 8. The summed E-state index contributed by atoms with van der Waals surface area (Å²) >= 11 is 0. The minimum atomic E-state index is -3.78. The summed E-state index contributed by atoms with van der Waals surface area (Å²) in [6.07, 6.45) is 1.26. The molecule has 0 saturated heterocycles. The van der Waals surface area contributed by atoms with E-state index in [4.69, 9.17) is 10.00 Å². The van der Waals surface area contributed by atoms with Crippen molar-refractivity contribution in [1.29, 1.82) is 5.26 Å². The highest BCUT2D eigenvalue weighted by Crippen LogP contribution is 2.80. The Hall–Kier alpha value is -3.52. The first kappa shape index (κ1) is 22.3. The van der Waals surface area contributed by atoms with Gasteiger partial charge in [0.2, 0.25) is 0 Å². The van der Waals surface area contributed by atoms with Crippen molar-refractivity contribution in [3.8, 4) is 11.8 Å². The molecule has 3 fully saturated rings. The Morgan fingerprint density at radius 2 is 1.82 bits per heavy atom. The van der Waals surface area contributed by atoms with Gasteiger partial charge in [0.05, 0.1) is 24.8 Å². The van der Waals surface area contributed by atoms with Gasteiger partial charge in [-0.1, -0.05) is 0 Å². The Kier molecular flexibility index (Phi) is 4.91. The van der Waals surface area contributed by atoms with Gasteiger partial charge in [0, 0.05) is 22.5 Å². The fraction of sp³-hybridized carbons (Fsp3) is 0.391. The Labute approximate surface area is 191 Å². The number of hydrogen-bond acceptors (Lipinski definition) is 6. The molecule has 34 heavy (non-hydrogen) atoms. The van der Waals surface area contributed by atoms with Crippen LogP contribution in [-0.4, -0.2) is 37.8 Å². The van der Waals surface area contributed by atoms with Crippen LogP contribution in [0.2, 0.25) is 0 Å². The van der Waals surface area contributed by atoms with Crippen LogP contribution in [0.25, 0.3) is 0 Å². The molecule has 1 N–H and O–H groups in total. The van der Waals surface area contributed by atoms with Crippen molar-refractivity contribution in [1.82, 2.24) is 20.2 Å². The number of hydrogen-bond donors (Lipinski definition) is 1. The second-order valence-corrected chi connectivity index (χ2v) is 9.30. The number of aromatic nitrogens is 4. The quantitative estimate of drug-likeness (QED) is 0.503. The summed E-state index contributed by atoms with van der Waals surface area (Å²) in [6.45, 7) is -0.612. The van der Waals surface area contributed by atoms with Crippen molar-refractivity contribution in [2.45, 2.75) is 37.3 Å². The number of nitrogens with zero attached hydrogens (tertiary/aromatic N) is 5. The molecule has 3 aliphatic rings. The molecule has 3 saturated carbocycles. The first-order valence-electron chi connectivity index (χ1n) is 10.5. The van der Waals surface area contributed by atoms with Gasteiger partial charge in [-0.05, 0) is 66.1 Å². The largest absolute Gasteiger partial charge is 0.493 e. The average molecular weight is 473 g/mol. The van der Waals surface area contributed by atoms with Gasteiger partial charge in [0.1, 0.15) is 23.7 Å². The molecule has 2 aromatic carbocycles. The monoisotopic (exact) mass is 473 g/mol. The molecular weight excluding hydrogens is 454 g/mol. The molecule has 6 rings (SSSR count). The van der Waals surface area contributed by atoms with E-state index in [-0.39, 0.29) is 25.9 Å². The van der Waals surface area contributed by atoms with Gasteiger partial charge in [-0.15, -0.1) is 5.10 Å². The molecular formula is C23H19F4N5O2. The fourth-order valence-corrected chi connectivity index (χ4v) is 5.45. The second-order valence-electron chi connectivity index (χ2n) is 9.30. The average Bonchev–Trinajstić information content (AvgIpc) is 3.24. The van der Waals surface area contributed by atoms with Crippen LogP contribution in [0.5, 0.6) is 5.75 Å². The Balaban J connectivity index is 1.37. The second kappa shape index (κ2) is 7.50. The maximum atomic E-state index is 16.1. The first-order valence-corrected chi connectivity index (χ1v) is 10.5. The van der Waals surface area contributed by atoms with E-state index in [1.807, 2.05) is 6.07 Å². The highest BCUT2D eigenvalue weighted by molar-refractivity contribution is 5.36. The molecule has 0 aliphatic heterocycles. The van der Waals surface area contributed by atoms with Crippen LogP contribution in [0.15, 0.2) is 48.8 Å². The van der Waals surface area contributed by atoms with E-state index in [9.17, 15) is 13.9 Å². The number of alkyl halides is 2. The van der Waals surface area contributed by atoms with E-state index in [0.29, 0.717) is 17.4 Å². The summed E-state index contributed by atoms with van der Waals surface area (Å²) in [6, 6.07) is 10.6. The predicted octanol–water partition coefficient (Wildman–Crippen LogP) is 3.60. The maximum Gasteiger partial charge on any atom is 0.287 e. The van der Waals surface area contributed by atoms with E-state index in [0.717, 1.165) is 23.1 Å². The molecule has 176 valence electrons. The van der Waals surface area contributed by atoms with Gasteiger partial charge in [-0.3, -0.25) is 0 Å². The van der Waals surface area contributed by atoms with E-state index >= 15 is 8.78 Å². The summed E-state index contributed by atoms with van der Waals surface area (Å²) in [4.78, 5) is 0. The van der Waals surface area contributed by atoms with E-state index in [1.54, 1.807) is 24.3 Å². The van der Waals surface area contributed by atoms with Crippen LogP contribution in [0.3, 0.4) is 0 Å². The zero-order chi connectivity index (χ0) is 24.2. The maximum absolute atomic E-state index is 16.1. The topological polar surface area (TPSA) is 96.8 Å². The molecule has 3 aliphatic carbocycles. The smallest absolute Gasteiger partial charge is 0.287 e. The minimum absolute atomic E-state index is 0.0734. The molecule has 1 aromatic heterocycles. The third-order valence-corrected chi connectivity index (χ3v) is 7.01. The lowest BCUT2D eigenvalue weighted by atomic mass is 9.32. The van der Waals surface area contributed by atoms with Crippen LogP contribution in [0.4, 0.5) is 17.6 Å². The third kappa shape index (κ3) is 3.24. The zero-order valence-corrected chi connectivity index (χ0v) is 17.8. The molecule has 2 bridgehead atoms. The lowest BCUT2D eigenvalue weighted by Gasteiger charge is -2.73. The Bertz CT molecular complexity index is 1240. The molecule has 0 amide bonds. The number of ether oxygens (including phenoxy) is 1. The van der Waals surface area contributed by atoms with Crippen molar-refractivity contribution in [3.05, 3.63) is 71.6 Å². The molecule has 0 spiro atoms. The summed E-state index contributed by atoms with van der Waals surface area (Å²) in [7, 11) is 0. The molecule has 1 atom stereocenters. The highest BCUT2D eigenvalue weighted by atomic mass is 19.3. The van der Waals surface area contributed by atoms with E-state index in [1.165, 1.54) is 0 Å². The van der Waals surface area contributed by atoms with Gasteiger partial charge in [-0.2, -0.15) is 5.26 Å². The van der Waals surface area contributed by atoms with Gasteiger partial charge in [0.25, 0.3) is 5.92 Å². The first-order chi connectivity index (χ1) is 16.1. The normalized spacial score (nSPS) is 24.9. The van der Waals surface area contributed by atoms with Crippen molar-refractivity contribution in [3.63, 3.8) is 0 Å². The summed E-state index contributed by atoms with van der Waals surface area (Å²) in [5.41, 5.74) is -5.30. The molecule has 11 heteroatoms.